The first-order chi connectivity index (χ1) is 7.84. The predicted octanol–water partition coefficient (Wildman–Crippen LogP) is 3.54. The summed E-state index contributed by atoms with van der Waals surface area (Å²) in [6.45, 7) is 8.57. The smallest absolute Gasteiger partial charge is 0.0623 e. The molecule has 3 unspecified atom stereocenters. The minimum Gasteiger partial charge on any atom is -0.393 e. The van der Waals surface area contributed by atoms with Crippen molar-refractivity contribution in [2.45, 2.75) is 65.1 Å². The highest BCUT2D eigenvalue weighted by Gasteiger charge is 2.26. The number of rotatable bonds is 5. The van der Waals surface area contributed by atoms with Crippen molar-refractivity contribution in [3.05, 3.63) is 11.6 Å². The van der Waals surface area contributed by atoms with E-state index in [2.05, 4.69) is 33.8 Å². The molecule has 2 heteroatoms. The van der Waals surface area contributed by atoms with Crippen LogP contribution in [0.3, 0.4) is 0 Å². The quantitative estimate of drug-likeness (QED) is 0.745. The number of hydrogen-bond acceptors (Lipinski definition) is 2. The van der Waals surface area contributed by atoms with Crippen LogP contribution in [0.15, 0.2) is 11.6 Å². The standard InChI is InChI=1S/C15H28O2/c1-11-8-12(2)10-13(9-11)14(16)6-7-15(3,4)17-5/h8,11,13-14,16H,6-7,9-10H2,1-5H3. The summed E-state index contributed by atoms with van der Waals surface area (Å²) in [6, 6.07) is 0. The Kier molecular flexibility index (Phi) is 5.21. The molecule has 0 aromatic carbocycles. The van der Waals surface area contributed by atoms with Crippen molar-refractivity contribution in [1.82, 2.24) is 0 Å². The average molecular weight is 240 g/mol. The summed E-state index contributed by atoms with van der Waals surface area (Å²) in [7, 11) is 1.74. The third-order valence-electron chi connectivity index (χ3n) is 3.97. The van der Waals surface area contributed by atoms with Crippen molar-refractivity contribution < 1.29 is 9.84 Å². The van der Waals surface area contributed by atoms with Crippen molar-refractivity contribution in [2.75, 3.05) is 7.11 Å². The van der Waals surface area contributed by atoms with Crippen LogP contribution in [0.4, 0.5) is 0 Å². The summed E-state index contributed by atoms with van der Waals surface area (Å²) in [5.41, 5.74) is 1.31. The van der Waals surface area contributed by atoms with Crippen LogP contribution in [0.1, 0.15) is 53.4 Å². The van der Waals surface area contributed by atoms with Crippen molar-refractivity contribution in [3.8, 4) is 0 Å². The Morgan fingerprint density at radius 2 is 2.18 bits per heavy atom. The number of methoxy groups -OCH3 is 1. The zero-order valence-electron chi connectivity index (χ0n) is 12.0. The van der Waals surface area contributed by atoms with E-state index in [-0.39, 0.29) is 11.7 Å². The third kappa shape index (κ3) is 4.81. The largest absolute Gasteiger partial charge is 0.393 e. The highest BCUT2D eigenvalue weighted by atomic mass is 16.5. The molecule has 2 nitrogen and oxygen atoms in total. The second kappa shape index (κ2) is 6.01. The molecule has 3 atom stereocenters. The van der Waals surface area contributed by atoms with Crippen LogP contribution in [0.5, 0.6) is 0 Å². The van der Waals surface area contributed by atoms with E-state index in [1.54, 1.807) is 7.11 Å². The van der Waals surface area contributed by atoms with Gasteiger partial charge in [-0.2, -0.15) is 0 Å². The van der Waals surface area contributed by atoms with Crippen LogP contribution in [-0.2, 0) is 4.74 Å². The summed E-state index contributed by atoms with van der Waals surface area (Å²) in [5.74, 6) is 1.04. The first-order valence-corrected chi connectivity index (χ1v) is 6.74. The normalized spacial score (nSPS) is 27.8. The maximum absolute atomic E-state index is 10.3. The van der Waals surface area contributed by atoms with Gasteiger partial charge in [-0.25, -0.2) is 0 Å². The summed E-state index contributed by atoms with van der Waals surface area (Å²) in [4.78, 5) is 0. The molecule has 0 aromatic rings. The van der Waals surface area contributed by atoms with Gasteiger partial charge >= 0.3 is 0 Å². The number of ether oxygens (including phenoxy) is 1. The SMILES string of the molecule is COC(C)(C)CCC(O)C1CC(C)=CC(C)C1. The summed E-state index contributed by atoms with van der Waals surface area (Å²) >= 11 is 0. The van der Waals surface area contributed by atoms with Gasteiger partial charge in [0.05, 0.1) is 11.7 Å². The molecule has 0 aromatic heterocycles. The first-order valence-electron chi connectivity index (χ1n) is 6.74. The zero-order chi connectivity index (χ0) is 13.1. The fourth-order valence-corrected chi connectivity index (χ4v) is 2.72. The third-order valence-corrected chi connectivity index (χ3v) is 3.97. The lowest BCUT2D eigenvalue weighted by molar-refractivity contribution is -0.00591. The van der Waals surface area contributed by atoms with Crippen LogP contribution >= 0.6 is 0 Å². The minimum atomic E-state index is -0.185. The van der Waals surface area contributed by atoms with E-state index in [1.165, 1.54) is 5.57 Å². The first kappa shape index (κ1) is 14.7. The van der Waals surface area contributed by atoms with Gasteiger partial charge in [0.1, 0.15) is 0 Å². The van der Waals surface area contributed by atoms with Gasteiger partial charge in [0.25, 0.3) is 0 Å². The molecule has 0 fully saturated rings. The maximum atomic E-state index is 10.3. The number of aliphatic hydroxyl groups is 1. The molecule has 1 rings (SSSR count). The van der Waals surface area contributed by atoms with Gasteiger partial charge in [0.2, 0.25) is 0 Å². The van der Waals surface area contributed by atoms with E-state index < -0.39 is 0 Å². The molecule has 1 aliphatic carbocycles. The lowest BCUT2D eigenvalue weighted by atomic mass is 9.79. The highest BCUT2D eigenvalue weighted by molar-refractivity contribution is 5.07. The molecule has 0 saturated carbocycles. The van der Waals surface area contributed by atoms with E-state index in [0.29, 0.717) is 11.8 Å². The summed E-state index contributed by atoms with van der Waals surface area (Å²) < 4.78 is 5.40. The fraction of sp³-hybridized carbons (Fsp3) is 0.867. The van der Waals surface area contributed by atoms with E-state index in [4.69, 9.17) is 4.74 Å². The number of allylic oxidation sites excluding steroid dienone is 2. The molecule has 0 bridgehead atoms. The van der Waals surface area contributed by atoms with Crippen LogP contribution in [0.2, 0.25) is 0 Å². The van der Waals surface area contributed by atoms with Gasteiger partial charge in [0, 0.05) is 7.11 Å². The number of hydrogen-bond donors (Lipinski definition) is 1. The lowest BCUT2D eigenvalue weighted by Crippen LogP contribution is -2.29. The second-order valence-corrected chi connectivity index (χ2v) is 6.26. The van der Waals surface area contributed by atoms with Crippen LogP contribution < -0.4 is 0 Å². The van der Waals surface area contributed by atoms with E-state index >= 15 is 0 Å². The van der Waals surface area contributed by atoms with Gasteiger partial charge in [0.15, 0.2) is 0 Å². The van der Waals surface area contributed by atoms with E-state index in [1.807, 2.05) is 0 Å². The van der Waals surface area contributed by atoms with Crippen molar-refractivity contribution >= 4 is 0 Å². The Bertz CT molecular complexity index is 268. The monoisotopic (exact) mass is 240 g/mol. The Hall–Kier alpha value is -0.340. The average Bonchev–Trinajstić information content (AvgIpc) is 2.24. The van der Waals surface area contributed by atoms with Gasteiger partial charge in [-0.05, 0) is 58.3 Å². The van der Waals surface area contributed by atoms with Crippen LogP contribution in [0, 0.1) is 11.8 Å². The minimum absolute atomic E-state index is 0.119. The predicted molar refractivity (Wildman–Crippen MR) is 72.0 cm³/mol. The molecule has 0 radical (unpaired) electrons. The molecule has 100 valence electrons. The van der Waals surface area contributed by atoms with Crippen LogP contribution in [-0.4, -0.2) is 23.9 Å². The number of aliphatic hydroxyl groups excluding tert-OH is 1. The van der Waals surface area contributed by atoms with E-state index in [9.17, 15) is 5.11 Å². The topological polar surface area (TPSA) is 29.5 Å². The molecule has 17 heavy (non-hydrogen) atoms. The molecular formula is C15H28O2. The summed E-state index contributed by atoms with van der Waals surface area (Å²) in [5, 5.41) is 10.3. The Balaban J connectivity index is 2.43. The Labute approximate surface area is 106 Å². The second-order valence-electron chi connectivity index (χ2n) is 6.26. The molecular weight excluding hydrogens is 212 g/mol. The molecule has 0 spiro atoms. The van der Waals surface area contributed by atoms with E-state index in [0.717, 1.165) is 25.7 Å². The fourth-order valence-electron chi connectivity index (χ4n) is 2.72. The molecule has 1 N–H and O–H groups in total. The lowest BCUT2D eigenvalue weighted by Gasteiger charge is -2.31. The van der Waals surface area contributed by atoms with Crippen molar-refractivity contribution in [1.29, 1.82) is 0 Å². The molecule has 0 saturated heterocycles. The maximum Gasteiger partial charge on any atom is 0.0623 e. The Morgan fingerprint density at radius 1 is 1.53 bits per heavy atom. The highest BCUT2D eigenvalue weighted by Crippen LogP contribution is 2.32. The Morgan fingerprint density at radius 3 is 2.71 bits per heavy atom. The van der Waals surface area contributed by atoms with Gasteiger partial charge < -0.3 is 9.84 Å². The molecule has 1 aliphatic rings. The molecule has 0 amide bonds. The summed E-state index contributed by atoms with van der Waals surface area (Å²) in [6.07, 6.45) is 6.08. The van der Waals surface area contributed by atoms with Crippen LogP contribution in [0.25, 0.3) is 0 Å². The van der Waals surface area contributed by atoms with Gasteiger partial charge in [-0.1, -0.05) is 18.6 Å². The van der Waals surface area contributed by atoms with Crippen molar-refractivity contribution in [2.24, 2.45) is 11.8 Å². The molecule has 0 aliphatic heterocycles. The zero-order valence-corrected chi connectivity index (χ0v) is 12.0. The van der Waals surface area contributed by atoms with Crippen molar-refractivity contribution in [3.63, 3.8) is 0 Å². The van der Waals surface area contributed by atoms with Gasteiger partial charge in [-0.15, -0.1) is 0 Å². The van der Waals surface area contributed by atoms with Gasteiger partial charge in [-0.3, -0.25) is 0 Å². The molecule has 0 heterocycles.